The minimum absolute atomic E-state index is 0.0815. The van der Waals surface area contributed by atoms with E-state index in [-0.39, 0.29) is 18.9 Å². The van der Waals surface area contributed by atoms with Crippen molar-refractivity contribution in [1.29, 1.82) is 5.26 Å². The van der Waals surface area contributed by atoms with Gasteiger partial charge in [-0.05, 0) is 58.0 Å². The van der Waals surface area contributed by atoms with Crippen LogP contribution >= 0.6 is 0 Å². The zero-order valence-electron chi connectivity index (χ0n) is 24.8. The Morgan fingerprint density at radius 3 is 2.12 bits per heavy atom. The Hall–Kier alpha value is -5.16. The first-order valence-corrected chi connectivity index (χ1v) is 14.1. The van der Waals surface area contributed by atoms with Crippen molar-refractivity contribution < 1.29 is 19.1 Å². The first-order chi connectivity index (χ1) is 20.6. The van der Waals surface area contributed by atoms with Crippen LogP contribution in [0.15, 0.2) is 97.3 Å². The predicted octanol–water partition coefficient (Wildman–Crippen LogP) is 5.51. The Kier molecular flexibility index (Phi) is 9.79. The molecule has 1 aromatic heterocycles. The maximum atomic E-state index is 13.4. The van der Waals surface area contributed by atoms with Crippen molar-refractivity contribution in [1.82, 2.24) is 15.2 Å². The molecule has 0 unspecified atom stereocenters. The van der Waals surface area contributed by atoms with Gasteiger partial charge in [0.1, 0.15) is 12.6 Å². The van der Waals surface area contributed by atoms with Crippen molar-refractivity contribution in [2.45, 2.75) is 45.8 Å². The molecule has 0 spiro atoms. The van der Waals surface area contributed by atoms with Crippen LogP contribution in [0.1, 0.15) is 49.8 Å². The number of esters is 1. The van der Waals surface area contributed by atoms with Gasteiger partial charge in [-0.3, -0.25) is 14.4 Å². The van der Waals surface area contributed by atoms with Gasteiger partial charge in [0.05, 0.1) is 17.6 Å². The lowest BCUT2D eigenvalue weighted by Gasteiger charge is -2.30. The molecule has 2 atom stereocenters. The molecular formula is C35H36N4O4. The van der Waals surface area contributed by atoms with Gasteiger partial charge in [0.25, 0.3) is 0 Å². The summed E-state index contributed by atoms with van der Waals surface area (Å²) in [5, 5.41) is 14.5. The van der Waals surface area contributed by atoms with Crippen LogP contribution in [0.5, 0.6) is 0 Å². The van der Waals surface area contributed by atoms with Gasteiger partial charge in [-0.15, -0.1) is 0 Å². The second-order valence-corrected chi connectivity index (χ2v) is 11.4. The maximum absolute atomic E-state index is 13.4. The molecule has 0 bridgehead atoms. The monoisotopic (exact) mass is 576 g/mol. The Morgan fingerprint density at radius 1 is 0.907 bits per heavy atom. The number of hydrogen-bond donors (Lipinski definition) is 2. The maximum Gasteiger partial charge on any atom is 0.314 e. The molecule has 0 aliphatic heterocycles. The normalized spacial score (nSPS) is 12.4. The highest BCUT2D eigenvalue weighted by Crippen LogP contribution is 2.27. The van der Waals surface area contributed by atoms with Crippen LogP contribution in [0.3, 0.4) is 0 Å². The number of benzene rings is 3. The molecule has 8 nitrogen and oxygen atoms in total. The predicted molar refractivity (Wildman–Crippen MR) is 165 cm³/mol. The van der Waals surface area contributed by atoms with Crippen molar-refractivity contribution in [3.63, 3.8) is 0 Å². The lowest BCUT2D eigenvalue weighted by atomic mass is 9.85. The molecule has 2 N–H and O–H groups in total. The average molecular weight is 577 g/mol. The highest BCUT2D eigenvalue weighted by atomic mass is 16.5. The third-order valence-electron chi connectivity index (χ3n) is 7.21. The molecule has 4 aromatic rings. The summed E-state index contributed by atoms with van der Waals surface area (Å²) in [5.74, 6) is -2.14. The highest BCUT2D eigenvalue weighted by Gasteiger charge is 2.34. The molecule has 43 heavy (non-hydrogen) atoms. The van der Waals surface area contributed by atoms with E-state index in [1.165, 1.54) is 7.05 Å². The molecule has 0 saturated carbocycles. The average Bonchev–Trinajstić information content (AvgIpc) is 3.51. The first kappa shape index (κ1) is 30.8. The topological polar surface area (TPSA) is 113 Å². The molecule has 8 heteroatoms. The van der Waals surface area contributed by atoms with E-state index in [0.717, 1.165) is 22.4 Å². The van der Waals surface area contributed by atoms with Crippen molar-refractivity contribution in [2.24, 2.45) is 5.41 Å². The van der Waals surface area contributed by atoms with Gasteiger partial charge < -0.3 is 19.9 Å². The third kappa shape index (κ3) is 7.98. The molecule has 4 rings (SSSR count). The summed E-state index contributed by atoms with van der Waals surface area (Å²) in [6.45, 7) is 5.68. The van der Waals surface area contributed by atoms with E-state index in [0.29, 0.717) is 11.1 Å². The third-order valence-corrected chi connectivity index (χ3v) is 7.21. The molecule has 0 aliphatic rings. The van der Waals surface area contributed by atoms with Crippen LogP contribution in [0.4, 0.5) is 0 Å². The van der Waals surface area contributed by atoms with Gasteiger partial charge in [-0.2, -0.15) is 5.26 Å². The highest BCUT2D eigenvalue weighted by molar-refractivity contribution is 5.91. The summed E-state index contributed by atoms with van der Waals surface area (Å²) >= 11 is 0. The molecule has 0 radical (unpaired) electrons. The number of likely N-dealkylation sites (N-methyl/N-ethyl adjacent to an activating group) is 1. The smallest absolute Gasteiger partial charge is 0.314 e. The fourth-order valence-electron chi connectivity index (χ4n) is 4.73. The molecule has 0 fully saturated rings. The van der Waals surface area contributed by atoms with E-state index in [1.54, 1.807) is 18.2 Å². The van der Waals surface area contributed by atoms with Crippen LogP contribution in [-0.4, -0.2) is 35.4 Å². The number of amides is 2. The van der Waals surface area contributed by atoms with Crippen LogP contribution in [0.25, 0.3) is 16.8 Å². The van der Waals surface area contributed by atoms with Crippen molar-refractivity contribution in [2.75, 3.05) is 7.05 Å². The lowest BCUT2D eigenvalue weighted by molar-refractivity contribution is -0.148. The molecule has 220 valence electrons. The molecule has 1 heterocycles. The quantitative estimate of drug-likeness (QED) is 0.242. The van der Waals surface area contributed by atoms with Gasteiger partial charge in [-0.25, -0.2) is 0 Å². The number of nitriles is 1. The second kappa shape index (κ2) is 13.7. The molecular weight excluding hydrogens is 540 g/mol. The van der Waals surface area contributed by atoms with Gasteiger partial charge >= 0.3 is 5.97 Å². The van der Waals surface area contributed by atoms with E-state index < -0.39 is 29.3 Å². The van der Waals surface area contributed by atoms with E-state index >= 15 is 0 Å². The largest absolute Gasteiger partial charge is 0.460 e. The van der Waals surface area contributed by atoms with Crippen LogP contribution < -0.4 is 10.6 Å². The van der Waals surface area contributed by atoms with Crippen molar-refractivity contribution in [3.8, 4) is 22.9 Å². The molecule has 3 aromatic carbocycles. The van der Waals surface area contributed by atoms with E-state index in [4.69, 9.17) is 10.00 Å². The summed E-state index contributed by atoms with van der Waals surface area (Å²) in [7, 11) is 1.52. The number of rotatable bonds is 10. The number of carbonyl (C=O) groups is 3. The Labute approximate surface area is 252 Å². The SMILES string of the molecule is CNC(=O)[C@@H](NC(=O)C[C@H](C(=O)OCc1ccccc1)c1ccn(-c2ccc(-c3ccc(C#N)cc3)cc2)c1)C(C)(C)C. The fraction of sp³-hybridized carbons (Fsp3) is 0.257. The van der Waals surface area contributed by atoms with E-state index in [1.807, 2.05) is 104 Å². The van der Waals surface area contributed by atoms with Crippen LogP contribution in [-0.2, 0) is 25.7 Å². The van der Waals surface area contributed by atoms with Crippen molar-refractivity contribution >= 4 is 17.8 Å². The van der Waals surface area contributed by atoms with Gasteiger partial charge in [0.2, 0.25) is 11.8 Å². The summed E-state index contributed by atoms with van der Waals surface area (Å²) < 4.78 is 7.54. The number of nitrogens with zero attached hydrogens (tertiary/aromatic N) is 2. The zero-order chi connectivity index (χ0) is 31.0. The molecule has 0 saturated heterocycles. The van der Waals surface area contributed by atoms with E-state index in [2.05, 4.69) is 16.7 Å². The molecule has 0 aliphatic carbocycles. The van der Waals surface area contributed by atoms with Crippen LogP contribution in [0, 0.1) is 16.7 Å². The Bertz CT molecular complexity index is 1590. The summed E-state index contributed by atoms with van der Waals surface area (Å²) in [6.07, 6.45) is 3.47. The van der Waals surface area contributed by atoms with Gasteiger partial charge in [-0.1, -0.05) is 75.4 Å². The summed E-state index contributed by atoms with van der Waals surface area (Å²) in [4.78, 5) is 39.2. The number of nitrogens with one attached hydrogen (secondary N) is 2. The van der Waals surface area contributed by atoms with Crippen molar-refractivity contribution in [3.05, 3.63) is 114 Å². The number of aromatic nitrogens is 1. The second-order valence-electron chi connectivity index (χ2n) is 11.4. The summed E-state index contributed by atoms with van der Waals surface area (Å²) in [6, 6.07) is 27.8. The Morgan fingerprint density at radius 2 is 1.53 bits per heavy atom. The van der Waals surface area contributed by atoms with Gasteiger partial charge in [0, 0.05) is 31.5 Å². The van der Waals surface area contributed by atoms with Gasteiger partial charge in [0.15, 0.2) is 0 Å². The zero-order valence-corrected chi connectivity index (χ0v) is 24.8. The first-order valence-electron chi connectivity index (χ1n) is 14.1. The van der Waals surface area contributed by atoms with Crippen LogP contribution in [0.2, 0.25) is 0 Å². The number of hydrogen-bond acceptors (Lipinski definition) is 5. The number of carbonyl (C=O) groups excluding carboxylic acids is 3. The summed E-state index contributed by atoms with van der Waals surface area (Å²) in [5.41, 5.74) is 4.40. The number of ether oxygens (including phenoxy) is 1. The standard InChI is InChI=1S/C35H36N4O4/c1-35(2,3)32(33(41)37-4)38-31(40)20-30(34(42)43-23-25-8-6-5-7-9-25)28-18-19-39(22-28)29-16-14-27(15-17-29)26-12-10-24(21-36)11-13-26/h5-19,22,30,32H,20,23H2,1-4H3,(H,37,41)(H,38,40)/t30-,32+/m0/s1. The lowest BCUT2D eigenvalue weighted by Crippen LogP contribution is -2.53. The fourth-order valence-corrected chi connectivity index (χ4v) is 4.73. The minimum Gasteiger partial charge on any atom is -0.460 e. The minimum atomic E-state index is -0.881. The molecule has 2 amide bonds. The Balaban J connectivity index is 1.55. The van der Waals surface area contributed by atoms with E-state index in [9.17, 15) is 14.4 Å².